The molecule has 1 heterocycles. The predicted octanol–water partition coefficient (Wildman–Crippen LogP) is 4.76. The largest absolute Gasteiger partial charge is 0.384 e. The van der Waals surface area contributed by atoms with Gasteiger partial charge < -0.3 is 16.0 Å². The number of hydrogen-bond acceptors (Lipinski definition) is 5. The van der Waals surface area contributed by atoms with Gasteiger partial charge >= 0.3 is 0 Å². The van der Waals surface area contributed by atoms with E-state index in [4.69, 9.17) is 33.5 Å². The molecule has 3 N–H and O–H groups in total. The number of aliphatic imine (C=N–C) groups is 4. The van der Waals surface area contributed by atoms with Gasteiger partial charge in [0.15, 0.2) is 0 Å². The summed E-state index contributed by atoms with van der Waals surface area (Å²) < 4.78 is 0. The monoisotopic (exact) mass is 540 g/mol. The molecule has 196 valence electrons. The summed E-state index contributed by atoms with van der Waals surface area (Å²) in [4.78, 5) is 18.4. The minimum atomic E-state index is -0.654. The molecule has 8 nitrogen and oxygen atoms in total. The highest BCUT2D eigenvalue weighted by Gasteiger charge is 2.38. The topological polar surface area (TPSA) is 109 Å². The van der Waals surface area contributed by atoms with Crippen LogP contribution in [0.25, 0.3) is 0 Å². The van der Waals surface area contributed by atoms with Crippen LogP contribution < -0.4 is 16.0 Å². The van der Waals surface area contributed by atoms with Gasteiger partial charge in [-0.05, 0) is 45.4 Å². The summed E-state index contributed by atoms with van der Waals surface area (Å²) in [6.07, 6.45) is 9.41. The number of amidine groups is 1. The van der Waals surface area contributed by atoms with E-state index in [1.54, 1.807) is 25.3 Å². The number of allylic oxidation sites excluding steroid dienone is 7. The Kier molecular flexibility index (Phi) is 11.6. The molecule has 1 unspecified atom stereocenters. The Morgan fingerprint density at radius 2 is 2.03 bits per heavy atom. The van der Waals surface area contributed by atoms with Crippen molar-refractivity contribution in [2.45, 2.75) is 27.2 Å². The molecular formula is C27H34Cl2N8. The van der Waals surface area contributed by atoms with E-state index in [0.717, 1.165) is 11.4 Å². The zero-order chi connectivity index (χ0) is 27.4. The summed E-state index contributed by atoms with van der Waals surface area (Å²) in [5, 5.41) is 19.7. The molecule has 0 radical (unpaired) electrons. The lowest BCUT2D eigenvalue weighted by Gasteiger charge is -2.34. The quantitative estimate of drug-likeness (QED) is 0.129. The Bertz CT molecular complexity index is 1190. The first-order valence-electron chi connectivity index (χ1n) is 11.9. The summed E-state index contributed by atoms with van der Waals surface area (Å²) in [5.74, 6) is 1.10. The SMILES string of the molecule is C=C(C#N)/C=C\C(=N/C)NCCNC(=N/CC)/N=C(\C(=C)C1=NC(C)=CNC1)C1(C)CC=C(Cl)C=C1Cl. The minimum absolute atomic E-state index is 0.351. The van der Waals surface area contributed by atoms with Gasteiger partial charge in [-0.25, -0.2) is 4.99 Å². The van der Waals surface area contributed by atoms with Crippen LogP contribution in [0, 0.1) is 16.7 Å². The lowest BCUT2D eigenvalue weighted by Crippen LogP contribution is -2.39. The van der Waals surface area contributed by atoms with Crippen molar-refractivity contribution in [2.24, 2.45) is 25.4 Å². The third-order valence-electron chi connectivity index (χ3n) is 5.61. The number of guanidine groups is 1. The van der Waals surface area contributed by atoms with Crippen molar-refractivity contribution in [2.75, 3.05) is 33.2 Å². The van der Waals surface area contributed by atoms with E-state index in [1.807, 2.05) is 39.1 Å². The van der Waals surface area contributed by atoms with E-state index < -0.39 is 5.41 Å². The normalized spacial score (nSPS) is 20.7. The molecule has 0 aromatic rings. The predicted molar refractivity (Wildman–Crippen MR) is 158 cm³/mol. The van der Waals surface area contributed by atoms with Crippen LogP contribution in [0.15, 0.2) is 90.5 Å². The van der Waals surface area contributed by atoms with Crippen molar-refractivity contribution in [1.29, 1.82) is 5.26 Å². The van der Waals surface area contributed by atoms with Crippen LogP contribution in [0.4, 0.5) is 0 Å². The summed E-state index contributed by atoms with van der Waals surface area (Å²) in [6.45, 7) is 16.0. The lowest BCUT2D eigenvalue weighted by molar-refractivity contribution is 0.588. The number of hydrogen-bond donors (Lipinski definition) is 3. The van der Waals surface area contributed by atoms with Crippen LogP contribution in [0.5, 0.6) is 0 Å². The van der Waals surface area contributed by atoms with Crippen LogP contribution >= 0.6 is 23.2 Å². The minimum Gasteiger partial charge on any atom is -0.384 e. The molecule has 0 bridgehead atoms. The molecule has 10 heteroatoms. The van der Waals surface area contributed by atoms with Crippen molar-refractivity contribution in [3.63, 3.8) is 0 Å². The van der Waals surface area contributed by atoms with Gasteiger partial charge in [-0.3, -0.25) is 15.0 Å². The molecule has 0 spiro atoms. The molecule has 0 aromatic carbocycles. The third-order valence-corrected chi connectivity index (χ3v) is 6.40. The molecule has 0 amide bonds. The van der Waals surface area contributed by atoms with Crippen molar-refractivity contribution >= 4 is 46.4 Å². The van der Waals surface area contributed by atoms with Gasteiger partial charge in [0.05, 0.1) is 29.7 Å². The Morgan fingerprint density at radius 1 is 1.30 bits per heavy atom. The highest BCUT2D eigenvalue weighted by atomic mass is 35.5. The summed E-state index contributed by atoms with van der Waals surface area (Å²) in [7, 11) is 1.67. The van der Waals surface area contributed by atoms with Crippen LogP contribution in [0.2, 0.25) is 0 Å². The second-order valence-corrected chi connectivity index (χ2v) is 9.36. The van der Waals surface area contributed by atoms with E-state index in [0.29, 0.717) is 71.3 Å². The van der Waals surface area contributed by atoms with Gasteiger partial charge in [0.1, 0.15) is 5.84 Å². The van der Waals surface area contributed by atoms with Gasteiger partial charge in [-0.1, -0.05) is 42.4 Å². The van der Waals surface area contributed by atoms with Crippen molar-refractivity contribution in [3.05, 3.63) is 70.6 Å². The molecule has 0 saturated carbocycles. The fourth-order valence-electron chi connectivity index (χ4n) is 3.54. The second kappa shape index (κ2) is 14.4. The van der Waals surface area contributed by atoms with Crippen LogP contribution in [-0.4, -0.2) is 56.4 Å². The first-order chi connectivity index (χ1) is 17.6. The van der Waals surface area contributed by atoms with Gasteiger partial charge in [0, 0.05) is 59.5 Å². The number of rotatable bonds is 9. The first kappa shape index (κ1) is 29.8. The summed E-state index contributed by atoms with van der Waals surface area (Å²) in [5.41, 5.74) is 2.70. The standard InChI is InChI=1S/C27H34Cl2N8/c1-7-33-26(35-13-12-34-24(31-6)9-8-18(2)15-30)37-25(20(4)22-17-32-16-19(3)36-22)27(5)11-10-21(28)14-23(27)29/h8-10,14,16,32H,2,4,7,11-13,17H2,1,3,5-6H3,(H,31,34)(H,33,35)/b9-8-,37-25+. The van der Waals surface area contributed by atoms with Gasteiger partial charge in [0.25, 0.3) is 0 Å². The van der Waals surface area contributed by atoms with Crippen molar-refractivity contribution in [1.82, 2.24) is 16.0 Å². The van der Waals surface area contributed by atoms with Crippen LogP contribution in [0.3, 0.4) is 0 Å². The molecule has 2 rings (SSSR count). The third kappa shape index (κ3) is 8.59. The smallest absolute Gasteiger partial charge is 0.218 e. The highest BCUT2D eigenvalue weighted by molar-refractivity contribution is 6.39. The van der Waals surface area contributed by atoms with Crippen LogP contribution in [-0.2, 0) is 0 Å². The summed E-state index contributed by atoms with van der Waals surface area (Å²) in [6, 6.07) is 1.98. The Labute approximate surface area is 229 Å². The lowest BCUT2D eigenvalue weighted by atomic mass is 9.75. The zero-order valence-corrected chi connectivity index (χ0v) is 23.3. The maximum absolute atomic E-state index is 8.86. The molecule has 2 aliphatic rings. The van der Waals surface area contributed by atoms with Crippen molar-refractivity contribution in [3.8, 4) is 6.07 Å². The summed E-state index contributed by atoms with van der Waals surface area (Å²) >= 11 is 13.0. The molecule has 0 aromatic heterocycles. The molecule has 37 heavy (non-hydrogen) atoms. The van der Waals surface area contributed by atoms with Crippen LogP contribution in [0.1, 0.15) is 27.2 Å². The Morgan fingerprint density at radius 3 is 2.65 bits per heavy atom. The van der Waals surface area contributed by atoms with Crippen molar-refractivity contribution < 1.29 is 0 Å². The fraction of sp³-hybridized carbons (Fsp3) is 0.370. The number of nitriles is 1. The highest BCUT2D eigenvalue weighted by Crippen LogP contribution is 2.42. The first-order valence-corrected chi connectivity index (χ1v) is 12.7. The average Bonchev–Trinajstić information content (AvgIpc) is 2.88. The fourth-order valence-corrected chi connectivity index (χ4v) is 4.07. The average molecular weight is 542 g/mol. The molecule has 1 aliphatic heterocycles. The van der Waals surface area contributed by atoms with E-state index in [9.17, 15) is 0 Å². The van der Waals surface area contributed by atoms with Gasteiger partial charge in [-0.15, -0.1) is 0 Å². The Balaban J connectivity index is 2.30. The number of nitrogens with one attached hydrogen (secondary N) is 3. The molecular weight excluding hydrogens is 507 g/mol. The maximum atomic E-state index is 8.86. The van der Waals surface area contributed by atoms with E-state index in [-0.39, 0.29) is 0 Å². The van der Waals surface area contributed by atoms with E-state index in [2.05, 4.69) is 44.1 Å². The van der Waals surface area contributed by atoms with E-state index in [1.165, 1.54) is 0 Å². The molecule has 0 fully saturated rings. The van der Waals surface area contributed by atoms with Gasteiger partial charge in [0.2, 0.25) is 5.96 Å². The van der Waals surface area contributed by atoms with E-state index >= 15 is 0 Å². The Hall–Kier alpha value is -3.41. The molecule has 0 saturated heterocycles. The number of halogens is 2. The van der Waals surface area contributed by atoms with Gasteiger partial charge in [-0.2, -0.15) is 5.26 Å². The second-order valence-electron chi connectivity index (χ2n) is 8.51. The molecule has 1 atom stereocenters. The maximum Gasteiger partial charge on any atom is 0.218 e. The number of nitrogens with zero attached hydrogens (tertiary/aromatic N) is 5. The zero-order valence-electron chi connectivity index (χ0n) is 21.8. The molecule has 1 aliphatic carbocycles.